The van der Waals surface area contributed by atoms with Gasteiger partial charge in [0.1, 0.15) is 13.2 Å². The number of amides is 2. The van der Waals surface area contributed by atoms with Crippen LogP contribution in [0.5, 0.6) is 0 Å². The summed E-state index contributed by atoms with van der Waals surface area (Å²) in [7, 11) is 0. The summed E-state index contributed by atoms with van der Waals surface area (Å²) in [4.78, 5) is 36.9. The summed E-state index contributed by atoms with van der Waals surface area (Å²) < 4.78 is 43.6. The molecule has 3 rings (SSSR count). The van der Waals surface area contributed by atoms with Crippen molar-refractivity contribution in [3.63, 3.8) is 0 Å². The van der Waals surface area contributed by atoms with Gasteiger partial charge in [-0.15, -0.1) is 0 Å². The van der Waals surface area contributed by atoms with Crippen molar-refractivity contribution in [1.29, 1.82) is 0 Å². The average Bonchev–Trinajstić information content (AvgIpc) is 2.85. The van der Waals surface area contributed by atoms with Crippen LogP contribution >= 0.6 is 0 Å². The van der Waals surface area contributed by atoms with Crippen LogP contribution in [0.25, 0.3) is 0 Å². The molecule has 0 aromatic heterocycles. The lowest BCUT2D eigenvalue weighted by Gasteiger charge is -2.15. The second-order valence-electron chi connectivity index (χ2n) is 5.56. The Kier molecular flexibility index (Phi) is 4.50. The molecule has 0 saturated carbocycles. The number of alkyl halides is 3. The Balaban J connectivity index is 1.67. The summed E-state index contributed by atoms with van der Waals surface area (Å²) >= 11 is 0. The summed E-state index contributed by atoms with van der Waals surface area (Å²) in [5.74, 6) is -2.26. The van der Waals surface area contributed by atoms with Gasteiger partial charge in [-0.05, 0) is 18.2 Å². The molecule has 2 aromatic rings. The first kappa shape index (κ1) is 17.7. The predicted molar refractivity (Wildman–Crippen MR) is 83.0 cm³/mol. The zero-order valence-corrected chi connectivity index (χ0v) is 13.2. The third-order valence-corrected chi connectivity index (χ3v) is 3.88. The highest BCUT2D eigenvalue weighted by molar-refractivity contribution is 6.22. The van der Waals surface area contributed by atoms with E-state index in [0.717, 1.165) is 6.07 Å². The molecule has 5 nitrogen and oxygen atoms in total. The molecule has 2 amide bonds. The van der Waals surface area contributed by atoms with Crippen LogP contribution in [0.2, 0.25) is 0 Å². The number of carbonyl (C=O) groups is 3. The van der Waals surface area contributed by atoms with Crippen LogP contribution in [0.15, 0.2) is 48.5 Å². The minimum Gasteiger partial charge on any atom is -0.459 e. The topological polar surface area (TPSA) is 63.7 Å². The summed E-state index contributed by atoms with van der Waals surface area (Å²) in [6, 6.07) is 10.8. The summed E-state index contributed by atoms with van der Waals surface area (Å²) in [6.07, 6.45) is -4.58. The van der Waals surface area contributed by atoms with E-state index in [2.05, 4.69) is 0 Å². The lowest BCUT2D eigenvalue weighted by Crippen LogP contribution is -2.35. The number of rotatable bonds is 4. The fourth-order valence-electron chi connectivity index (χ4n) is 2.64. The van der Waals surface area contributed by atoms with E-state index >= 15 is 0 Å². The van der Waals surface area contributed by atoms with Crippen LogP contribution < -0.4 is 0 Å². The number of hydrogen-bond donors (Lipinski definition) is 0. The third kappa shape index (κ3) is 3.30. The smallest absolute Gasteiger partial charge is 0.416 e. The van der Waals surface area contributed by atoms with Gasteiger partial charge in [-0.2, -0.15) is 13.2 Å². The summed E-state index contributed by atoms with van der Waals surface area (Å²) in [6.45, 7) is -1.28. The van der Waals surface area contributed by atoms with Gasteiger partial charge in [-0.1, -0.05) is 30.3 Å². The number of esters is 1. The molecule has 134 valence electrons. The Labute approximate surface area is 146 Å². The molecule has 26 heavy (non-hydrogen) atoms. The second-order valence-corrected chi connectivity index (χ2v) is 5.56. The van der Waals surface area contributed by atoms with E-state index in [-0.39, 0.29) is 16.7 Å². The van der Waals surface area contributed by atoms with Gasteiger partial charge in [0.05, 0.1) is 16.7 Å². The van der Waals surface area contributed by atoms with Crippen molar-refractivity contribution in [2.45, 2.75) is 12.8 Å². The van der Waals surface area contributed by atoms with Crippen LogP contribution in [-0.2, 0) is 22.3 Å². The van der Waals surface area contributed by atoms with E-state index in [1.807, 2.05) is 0 Å². The van der Waals surface area contributed by atoms with Crippen LogP contribution in [0.3, 0.4) is 0 Å². The van der Waals surface area contributed by atoms with E-state index in [9.17, 15) is 27.6 Å². The number of hydrogen-bond acceptors (Lipinski definition) is 4. The summed E-state index contributed by atoms with van der Waals surface area (Å²) in [5.41, 5.74) is -0.773. The number of carbonyl (C=O) groups excluding carboxylic acids is 3. The Hall–Kier alpha value is -3.16. The monoisotopic (exact) mass is 363 g/mol. The van der Waals surface area contributed by atoms with Gasteiger partial charge in [0, 0.05) is 5.56 Å². The minimum atomic E-state index is -4.58. The number of halogens is 3. The molecule has 0 atom stereocenters. The Morgan fingerprint density at radius 1 is 0.923 bits per heavy atom. The fraction of sp³-hybridized carbons (Fsp3) is 0.167. The van der Waals surface area contributed by atoms with E-state index in [1.165, 1.54) is 30.3 Å². The number of ether oxygens (including phenoxy) is 1. The van der Waals surface area contributed by atoms with Crippen molar-refractivity contribution >= 4 is 17.8 Å². The van der Waals surface area contributed by atoms with Gasteiger partial charge < -0.3 is 4.74 Å². The fourth-order valence-corrected chi connectivity index (χ4v) is 2.64. The van der Waals surface area contributed by atoms with E-state index in [1.54, 1.807) is 12.1 Å². The lowest BCUT2D eigenvalue weighted by molar-refractivity contribution is -0.147. The number of nitrogens with zero attached hydrogens (tertiary/aromatic N) is 1. The molecule has 0 saturated heterocycles. The molecule has 0 spiro atoms. The normalized spacial score (nSPS) is 13.7. The van der Waals surface area contributed by atoms with Crippen molar-refractivity contribution in [3.05, 3.63) is 70.8 Å². The van der Waals surface area contributed by atoms with Crippen molar-refractivity contribution in [2.24, 2.45) is 0 Å². The van der Waals surface area contributed by atoms with Gasteiger partial charge in [-0.3, -0.25) is 19.3 Å². The Bertz CT molecular complexity index is 857. The van der Waals surface area contributed by atoms with Crippen molar-refractivity contribution in [1.82, 2.24) is 4.90 Å². The highest BCUT2D eigenvalue weighted by Crippen LogP contribution is 2.32. The van der Waals surface area contributed by atoms with E-state index in [0.29, 0.717) is 4.90 Å². The molecule has 0 aliphatic carbocycles. The Morgan fingerprint density at radius 3 is 2.04 bits per heavy atom. The molecule has 0 fully saturated rings. The van der Waals surface area contributed by atoms with Crippen molar-refractivity contribution < 1.29 is 32.3 Å². The SMILES string of the molecule is O=C(CN1C(=O)c2ccccc2C1=O)OCc1ccccc1C(F)(F)F. The van der Waals surface area contributed by atoms with Gasteiger partial charge in [0.2, 0.25) is 0 Å². The first-order valence-corrected chi connectivity index (χ1v) is 7.55. The molecule has 0 unspecified atom stereocenters. The maximum absolute atomic E-state index is 12.9. The highest BCUT2D eigenvalue weighted by Gasteiger charge is 2.37. The number of fused-ring (bicyclic) bond motifs is 1. The first-order valence-electron chi connectivity index (χ1n) is 7.55. The lowest BCUT2D eigenvalue weighted by atomic mass is 10.1. The molecular formula is C18H12F3NO4. The Morgan fingerprint density at radius 2 is 1.46 bits per heavy atom. The molecule has 1 aliphatic heterocycles. The third-order valence-electron chi connectivity index (χ3n) is 3.88. The second kappa shape index (κ2) is 6.62. The number of benzene rings is 2. The molecule has 1 aliphatic rings. The molecule has 1 heterocycles. The standard InChI is InChI=1S/C18H12F3NO4/c19-18(20,21)14-8-4-1-5-11(14)10-26-15(23)9-22-16(24)12-6-2-3-7-13(12)17(22)25/h1-8H,9-10H2. The zero-order chi connectivity index (χ0) is 18.9. The largest absolute Gasteiger partial charge is 0.459 e. The van der Waals surface area contributed by atoms with Gasteiger partial charge in [0.15, 0.2) is 0 Å². The van der Waals surface area contributed by atoms with Crippen molar-refractivity contribution in [3.8, 4) is 0 Å². The van der Waals surface area contributed by atoms with Crippen LogP contribution in [0.4, 0.5) is 13.2 Å². The average molecular weight is 363 g/mol. The molecule has 8 heteroatoms. The summed E-state index contributed by atoms with van der Waals surface area (Å²) in [5, 5.41) is 0. The maximum atomic E-state index is 12.9. The van der Waals surface area contributed by atoms with Gasteiger partial charge in [-0.25, -0.2) is 0 Å². The number of imide groups is 1. The molecular weight excluding hydrogens is 351 g/mol. The van der Waals surface area contributed by atoms with E-state index in [4.69, 9.17) is 4.74 Å². The molecule has 0 radical (unpaired) electrons. The first-order chi connectivity index (χ1) is 12.3. The van der Waals surface area contributed by atoms with Crippen LogP contribution in [0, 0.1) is 0 Å². The molecule has 0 N–H and O–H groups in total. The highest BCUT2D eigenvalue weighted by atomic mass is 19.4. The quantitative estimate of drug-likeness (QED) is 0.619. The minimum absolute atomic E-state index is 0.174. The van der Waals surface area contributed by atoms with Crippen LogP contribution in [-0.4, -0.2) is 29.2 Å². The molecule has 0 bridgehead atoms. The van der Waals surface area contributed by atoms with Crippen LogP contribution in [0.1, 0.15) is 31.8 Å². The zero-order valence-electron chi connectivity index (χ0n) is 13.2. The maximum Gasteiger partial charge on any atom is 0.416 e. The van der Waals surface area contributed by atoms with E-state index < -0.39 is 42.7 Å². The predicted octanol–water partition coefficient (Wildman–Crippen LogP) is 3.04. The van der Waals surface area contributed by atoms with Crippen molar-refractivity contribution in [2.75, 3.05) is 6.54 Å². The van der Waals surface area contributed by atoms with Gasteiger partial charge >= 0.3 is 12.1 Å². The molecule has 2 aromatic carbocycles. The van der Waals surface area contributed by atoms with Gasteiger partial charge in [0.25, 0.3) is 11.8 Å².